The standard InChI is InChI=1S/C15H10FN3O2/c16-8-3-4-12-10(6-8)15(21,14(20)19-12)11-7-18-13-9(11)2-1-5-17-13/h1-7,21H,(H,17,18)(H,19,20). The summed E-state index contributed by atoms with van der Waals surface area (Å²) < 4.78 is 13.5. The van der Waals surface area contributed by atoms with Crippen LogP contribution in [0.4, 0.5) is 10.1 Å². The highest BCUT2D eigenvalue weighted by Gasteiger charge is 2.48. The van der Waals surface area contributed by atoms with Gasteiger partial charge in [0.1, 0.15) is 11.5 Å². The minimum atomic E-state index is -1.93. The number of aromatic amines is 1. The molecule has 0 saturated heterocycles. The average Bonchev–Trinajstić information content (AvgIpc) is 3.01. The van der Waals surface area contributed by atoms with Gasteiger partial charge in [-0.05, 0) is 30.3 Å². The molecule has 6 heteroatoms. The molecule has 2 aromatic heterocycles. The van der Waals surface area contributed by atoms with Crippen LogP contribution >= 0.6 is 0 Å². The number of amides is 1. The Kier molecular flexibility index (Phi) is 2.23. The van der Waals surface area contributed by atoms with Crippen LogP contribution in [0.15, 0.2) is 42.7 Å². The summed E-state index contributed by atoms with van der Waals surface area (Å²) in [5.41, 5.74) is -0.413. The lowest BCUT2D eigenvalue weighted by Gasteiger charge is -2.20. The number of benzene rings is 1. The normalized spacial score (nSPS) is 20.6. The topological polar surface area (TPSA) is 78.0 Å². The molecule has 5 nitrogen and oxygen atoms in total. The van der Waals surface area contributed by atoms with Crippen molar-refractivity contribution >= 4 is 22.6 Å². The minimum absolute atomic E-state index is 0.206. The van der Waals surface area contributed by atoms with Crippen LogP contribution in [-0.2, 0) is 10.4 Å². The van der Waals surface area contributed by atoms with Crippen molar-refractivity contribution in [1.29, 1.82) is 0 Å². The fraction of sp³-hybridized carbons (Fsp3) is 0.0667. The number of aliphatic hydroxyl groups is 1. The Morgan fingerprint density at radius 2 is 2.10 bits per heavy atom. The van der Waals surface area contributed by atoms with E-state index < -0.39 is 17.3 Å². The maximum atomic E-state index is 13.5. The molecule has 1 unspecified atom stereocenters. The van der Waals surface area contributed by atoms with Crippen molar-refractivity contribution in [2.45, 2.75) is 5.60 Å². The Hall–Kier alpha value is -2.73. The molecule has 1 aliphatic heterocycles. The molecule has 1 amide bonds. The van der Waals surface area contributed by atoms with Crippen LogP contribution in [0.25, 0.3) is 11.0 Å². The Morgan fingerprint density at radius 3 is 2.95 bits per heavy atom. The van der Waals surface area contributed by atoms with Gasteiger partial charge in [-0.15, -0.1) is 0 Å². The second kappa shape index (κ2) is 3.89. The Labute approximate surface area is 118 Å². The monoisotopic (exact) mass is 283 g/mol. The van der Waals surface area contributed by atoms with E-state index in [9.17, 15) is 14.3 Å². The van der Waals surface area contributed by atoms with Crippen LogP contribution in [0.1, 0.15) is 11.1 Å². The number of carbonyl (C=O) groups excluding carboxylic acids is 1. The third-order valence-corrected chi connectivity index (χ3v) is 3.79. The first kappa shape index (κ1) is 12.0. The largest absolute Gasteiger partial charge is 0.372 e. The van der Waals surface area contributed by atoms with Crippen molar-refractivity contribution in [2.75, 3.05) is 5.32 Å². The molecule has 4 rings (SSSR count). The van der Waals surface area contributed by atoms with Gasteiger partial charge in [0.15, 0.2) is 5.60 Å². The van der Waals surface area contributed by atoms with E-state index in [0.29, 0.717) is 22.3 Å². The van der Waals surface area contributed by atoms with Crippen LogP contribution in [0.5, 0.6) is 0 Å². The number of pyridine rings is 1. The molecular weight excluding hydrogens is 273 g/mol. The number of hydrogen-bond acceptors (Lipinski definition) is 3. The summed E-state index contributed by atoms with van der Waals surface area (Å²) in [6.45, 7) is 0. The Morgan fingerprint density at radius 1 is 1.24 bits per heavy atom. The van der Waals surface area contributed by atoms with Crippen molar-refractivity contribution in [3.05, 3.63) is 59.7 Å². The van der Waals surface area contributed by atoms with Crippen LogP contribution in [0.2, 0.25) is 0 Å². The average molecular weight is 283 g/mol. The highest BCUT2D eigenvalue weighted by molar-refractivity contribution is 6.09. The number of carbonyl (C=O) groups is 1. The summed E-state index contributed by atoms with van der Waals surface area (Å²) in [6, 6.07) is 7.30. The molecule has 3 aromatic rings. The Bertz CT molecular complexity index is 890. The van der Waals surface area contributed by atoms with Crippen LogP contribution < -0.4 is 5.32 Å². The third kappa shape index (κ3) is 1.47. The molecular formula is C15H10FN3O2. The number of H-pyrrole nitrogens is 1. The molecule has 0 spiro atoms. The second-order valence-corrected chi connectivity index (χ2v) is 4.96. The van der Waals surface area contributed by atoms with Crippen molar-refractivity contribution in [1.82, 2.24) is 9.97 Å². The molecule has 0 bridgehead atoms. The molecule has 1 aromatic carbocycles. The van der Waals surface area contributed by atoms with E-state index in [1.165, 1.54) is 24.4 Å². The predicted octanol–water partition coefficient (Wildman–Crippen LogP) is 1.89. The summed E-state index contributed by atoms with van der Waals surface area (Å²) in [7, 11) is 0. The van der Waals surface area contributed by atoms with E-state index in [1.807, 2.05) is 0 Å². The number of rotatable bonds is 1. The molecule has 1 aliphatic rings. The number of fused-ring (bicyclic) bond motifs is 2. The first-order valence-corrected chi connectivity index (χ1v) is 6.37. The van der Waals surface area contributed by atoms with Crippen LogP contribution in [-0.4, -0.2) is 21.0 Å². The molecule has 21 heavy (non-hydrogen) atoms. The molecule has 3 heterocycles. The lowest BCUT2D eigenvalue weighted by atomic mass is 9.87. The maximum absolute atomic E-state index is 13.5. The summed E-state index contributed by atoms with van der Waals surface area (Å²) >= 11 is 0. The summed E-state index contributed by atoms with van der Waals surface area (Å²) in [5.74, 6) is -1.12. The first-order valence-electron chi connectivity index (χ1n) is 6.37. The molecule has 3 N–H and O–H groups in total. The summed E-state index contributed by atoms with van der Waals surface area (Å²) in [4.78, 5) is 19.3. The molecule has 0 aliphatic carbocycles. The quantitative estimate of drug-likeness (QED) is 0.638. The van der Waals surface area contributed by atoms with Crippen LogP contribution in [0, 0.1) is 5.82 Å². The van der Waals surface area contributed by atoms with Gasteiger partial charge in [-0.25, -0.2) is 9.37 Å². The predicted molar refractivity (Wildman–Crippen MR) is 74.1 cm³/mol. The highest BCUT2D eigenvalue weighted by atomic mass is 19.1. The third-order valence-electron chi connectivity index (χ3n) is 3.79. The van der Waals surface area contributed by atoms with E-state index in [1.54, 1.807) is 18.3 Å². The number of hydrogen-bond donors (Lipinski definition) is 3. The lowest BCUT2D eigenvalue weighted by molar-refractivity contribution is -0.129. The number of aromatic nitrogens is 2. The van der Waals surface area contributed by atoms with Gasteiger partial charge in [0.05, 0.1) is 0 Å². The maximum Gasteiger partial charge on any atom is 0.265 e. The molecule has 104 valence electrons. The van der Waals surface area contributed by atoms with E-state index in [0.717, 1.165) is 0 Å². The van der Waals surface area contributed by atoms with Gasteiger partial charge in [0.2, 0.25) is 0 Å². The molecule has 1 atom stereocenters. The van der Waals surface area contributed by atoms with Gasteiger partial charge in [-0.1, -0.05) is 0 Å². The number of anilines is 1. The molecule has 0 radical (unpaired) electrons. The number of nitrogens with zero attached hydrogens (tertiary/aromatic N) is 1. The van der Waals surface area contributed by atoms with E-state index >= 15 is 0 Å². The summed E-state index contributed by atoms with van der Waals surface area (Å²) in [5, 5.41) is 14.2. The molecule has 0 saturated carbocycles. The van der Waals surface area contributed by atoms with Gasteiger partial charge in [-0.3, -0.25) is 4.79 Å². The van der Waals surface area contributed by atoms with Gasteiger partial charge >= 0.3 is 0 Å². The zero-order valence-electron chi connectivity index (χ0n) is 10.7. The van der Waals surface area contributed by atoms with Crippen molar-refractivity contribution < 1.29 is 14.3 Å². The molecule has 0 fully saturated rings. The summed E-state index contributed by atoms with van der Waals surface area (Å²) in [6.07, 6.45) is 3.13. The lowest BCUT2D eigenvalue weighted by Crippen LogP contribution is -2.35. The number of halogens is 1. The van der Waals surface area contributed by atoms with Gasteiger partial charge < -0.3 is 15.4 Å². The van der Waals surface area contributed by atoms with Crippen molar-refractivity contribution in [2.24, 2.45) is 0 Å². The first-order chi connectivity index (χ1) is 10.1. The zero-order valence-corrected chi connectivity index (χ0v) is 10.7. The van der Waals surface area contributed by atoms with Gasteiger partial charge in [-0.2, -0.15) is 0 Å². The highest BCUT2D eigenvalue weighted by Crippen LogP contribution is 2.43. The van der Waals surface area contributed by atoms with Crippen molar-refractivity contribution in [3.8, 4) is 0 Å². The van der Waals surface area contributed by atoms with Gasteiger partial charge in [0, 0.05) is 34.6 Å². The van der Waals surface area contributed by atoms with Crippen molar-refractivity contribution in [3.63, 3.8) is 0 Å². The van der Waals surface area contributed by atoms with Gasteiger partial charge in [0.25, 0.3) is 5.91 Å². The fourth-order valence-electron chi connectivity index (χ4n) is 2.78. The van der Waals surface area contributed by atoms with E-state index in [-0.39, 0.29) is 5.56 Å². The smallest absolute Gasteiger partial charge is 0.265 e. The second-order valence-electron chi connectivity index (χ2n) is 4.96. The zero-order chi connectivity index (χ0) is 14.6. The van der Waals surface area contributed by atoms with E-state index in [4.69, 9.17) is 0 Å². The SMILES string of the molecule is O=C1Nc2ccc(F)cc2C1(O)c1c[nH]c2ncccc12. The minimum Gasteiger partial charge on any atom is -0.372 e. The van der Waals surface area contributed by atoms with Crippen LogP contribution in [0.3, 0.4) is 0 Å². The van der Waals surface area contributed by atoms with E-state index in [2.05, 4.69) is 15.3 Å². The number of nitrogens with one attached hydrogen (secondary N) is 2. The fourth-order valence-corrected chi connectivity index (χ4v) is 2.78. The Balaban J connectivity index is 2.03.